The molecule has 0 aliphatic carbocycles. The molecule has 1 rings (SSSR count). The molecule has 0 saturated carbocycles. The Morgan fingerprint density at radius 1 is 1.27 bits per heavy atom. The van der Waals surface area contributed by atoms with E-state index in [-0.39, 0.29) is 5.97 Å². The fourth-order valence-electron chi connectivity index (χ4n) is 2.53. The predicted octanol–water partition coefficient (Wildman–Crippen LogP) is 3.13. The molecule has 0 amide bonds. The molecule has 1 aromatic carbocycles. The third kappa shape index (κ3) is 5.50. The van der Waals surface area contributed by atoms with E-state index in [4.69, 9.17) is 4.74 Å². The molecule has 1 aromatic rings. The van der Waals surface area contributed by atoms with Gasteiger partial charge in [0.15, 0.2) is 0 Å². The highest BCUT2D eigenvalue weighted by molar-refractivity contribution is 5.69. The summed E-state index contributed by atoms with van der Waals surface area (Å²) in [5, 5.41) is 9.83. The van der Waals surface area contributed by atoms with E-state index in [0.717, 1.165) is 18.5 Å². The summed E-state index contributed by atoms with van der Waals surface area (Å²) >= 11 is 0. The minimum Gasteiger partial charge on any atom is -0.466 e. The maximum absolute atomic E-state index is 11.5. The number of carbonyl (C=O) groups is 1. The van der Waals surface area contributed by atoms with Crippen LogP contribution in [-0.4, -0.2) is 38.1 Å². The van der Waals surface area contributed by atoms with Crippen LogP contribution in [0.4, 0.5) is 0 Å². The van der Waals surface area contributed by atoms with Gasteiger partial charge in [-0.05, 0) is 52.4 Å². The van der Waals surface area contributed by atoms with Gasteiger partial charge in [-0.2, -0.15) is 5.26 Å². The zero-order chi connectivity index (χ0) is 16.4. The predicted molar refractivity (Wildman–Crippen MR) is 87.4 cm³/mol. The second-order valence-corrected chi connectivity index (χ2v) is 5.77. The Bertz CT molecular complexity index is 494. The van der Waals surface area contributed by atoms with Gasteiger partial charge in [0.25, 0.3) is 0 Å². The molecule has 1 atom stereocenters. The van der Waals surface area contributed by atoms with Gasteiger partial charge in [0, 0.05) is 6.42 Å². The number of hydrogen-bond acceptors (Lipinski definition) is 4. The lowest BCUT2D eigenvalue weighted by Gasteiger charge is -2.28. The summed E-state index contributed by atoms with van der Waals surface area (Å²) in [6.07, 6.45) is 2.45. The van der Waals surface area contributed by atoms with Crippen molar-refractivity contribution in [1.82, 2.24) is 4.90 Å². The molecule has 0 fully saturated rings. The Hall–Kier alpha value is -1.86. The number of rotatable bonds is 9. The fourth-order valence-corrected chi connectivity index (χ4v) is 2.53. The molecule has 22 heavy (non-hydrogen) atoms. The van der Waals surface area contributed by atoms with Gasteiger partial charge >= 0.3 is 5.97 Å². The highest BCUT2D eigenvalue weighted by atomic mass is 16.5. The normalized spacial score (nSPS) is 13.4. The standard InChI is InChI=1S/C18H26N2O2/c1-4-22-17(21)11-8-12-18(15-19,13-14-20(2)3)16-9-6-5-7-10-16/h5-7,9-10H,4,8,11-14H2,1-3H3/t18-/m1/s1. The van der Waals surface area contributed by atoms with Crippen molar-refractivity contribution in [3.05, 3.63) is 35.9 Å². The van der Waals surface area contributed by atoms with Crippen molar-refractivity contribution in [2.45, 2.75) is 38.0 Å². The van der Waals surface area contributed by atoms with Gasteiger partial charge in [0.05, 0.1) is 18.1 Å². The summed E-state index contributed by atoms with van der Waals surface area (Å²) in [5.74, 6) is -0.185. The summed E-state index contributed by atoms with van der Waals surface area (Å²) in [4.78, 5) is 13.6. The average molecular weight is 302 g/mol. The monoisotopic (exact) mass is 302 g/mol. The highest BCUT2D eigenvalue weighted by Crippen LogP contribution is 2.33. The minimum atomic E-state index is -0.544. The summed E-state index contributed by atoms with van der Waals surface area (Å²) in [7, 11) is 4.01. The number of nitriles is 1. The quantitative estimate of drug-likeness (QED) is 0.658. The molecule has 0 bridgehead atoms. The van der Waals surface area contributed by atoms with Gasteiger partial charge in [0.1, 0.15) is 0 Å². The SMILES string of the molecule is CCOC(=O)CCC[C@](C#N)(CCN(C)C)c1ccccc1. The van der Waals surface area contributed by atoms with Gasteiger partial charge in [-0.25, -0.2) is 0 Å². The lowest BCUT2D eigenvalue weighted by Crippen LogP contribution is -2.29. The van der Waals surface area contributed by atoms with E-state index in [0.29, 0.717) is 25.9 Å². The summed E-state index contributed by atoms with van der Waals surface area (Å²) in [6, 6.07) is 12.4. The lowest BCUT2D eigenvalue weighted by atomic mass is 9.75. The molecule has 0 heterocycles. The Morgan fingerprint density at radius 2 is 1.95 bits per heavy atom. The molecule has 120 valence electrons. The number of ether oxygens (including phenoxy) is 1. The largest absolute Gasteiger partial charge is 0.466 e. The topological polar surface area (TPSA) is 53.3 Å². The van der Waals surface area contributed by atoms with Crippen LogP contribution in [0.2, 0.25) is 0 Å². The molecule has 0 aliphatic heterocycles. The Labute approximate surface area is 133 Å². The number of carbonyl (C=O) groups excluding carboxylic acids is 1. The van der Waals surface area contributed by atoms with Crippen LogP contribution < -0.4 is 0 Å². The van der Waals surface area contributed by atoms with Gasteiger partial charge in [-0.1, -0.05) is 30.3 Å². The van der Waals surface area contributed by atoms with Crippen molar-refractivity contribution in [3.8, 4) is 6.07 Å². The summed E-state index contributed by atoms with van der Waals surface area (Å²) in [5.41, 5.74) is 0.487. The second kappa shape index (κ2) is 9.22. The van der Waals surface area contributed by atoms with Crippen molar-refractivity contribution in [2.75, 3.05) is 27.2 Å². The molecule has 4 nitrogen and oxygen atoms in total. The van der Waals surface area contributed by atoms with Crippen molar-refractivity contribution < 1.29 is 9.53 Å². The molecule has 0 saturated heterocycles. The molecule has 0 N–H and O–H groups in total. The van der Waals surface area contributed by atoms with Gasteiger partial charge in [-0.3, -0.25) is 4.79 Å². The molecular weight excluding hydrogens is 276 g/mol. The number of benzene rings is 1. The first-order chi connectivity index (χ1) is 10.5. The second-order valence-electron chi connectivity index (χ2n) is 5.77. The average Bonchev–Trinajstić information content (AvgIpc) is 2.52. The van der Waals surface area contributed by atoms with Crippen LogP contribution in [0.25, 0.3) is 0 Å². The molecule has 0 unspecified atom stereocenters. The van der Waals surface area contributed by atoms with E-state index in [1.165, 1.54) is 0 Å². The maximum atomic E-state index is 11.5. The first-order valence-electron chi connectivity index (χ1n) is 7.81. The van der Waals surface area contributed by atoms with Crippen molar-refractivity contribution in [2.24, 2.45) is 0 Å². The van der Waals surface area contributed by atoms with E-state index in [1.807, 2.05) is 44.4 Å². The van der Waals surface area contributed by atoms with Crippen molar-refractivity contribution in [1.29, 1.82) is 5.26 Å². The Morgan fingerprint density at radius 3 is 2.50 bits per heavy atom. The Balaban J connectivity index is 2.82. The zero-order valence-electron chi connectivity index (χ0n) is 13.8. The molecular formula is C18H26N2O2. The molecule has 0 aliphatic rings. The van der Waals surface area contributed by atoms with Crippen LogP contribution in [0.15, 0.2) is 30.3 Å². The van der Waals surface area contributed by atoms with Crippen molar-refractivity contribution in [3.63, 3.8) is 0 Å². The van der Waals surface area contributed by atoms with E-state index < -0.39 is 5.41 Å². The first-order valence-corrected chi connectivity index (χ1v) is 7.81. The molecule has 0 aromatic heterocycles. The van der Waals surface area contributed by atoms with Crippen LogP contribution in [0, 0.1) is 11.3 Å². The van der Waals surface area contributed by atoms with E-state index >= 15 is 0 Å². The van der Waals surface area contributed by atoms with Gasteiger partial charge in [0.2, 0.25) is 0 Å². The molecule has 0 spiro atoms. The van der Waals surface area contributed by atoms with Gasteiger partial charge < -0.3 is 9.64 Å². The van der Waals surface area contributed by atoms with Crippen LogP contribution in [0.5, 0.6) is 0 Å². The summed E-state index contributed by atoms with van der Waals surface area (Å²) in [6.45, 7) is 3.04. The van der Waals surface area contributed by atoms with E-state index in [9.17, 15) is 10.1 Å². The van der Waals surface area contributed by atoms with E-state index in [1.54, 1.807) is 6.92 Å². The maximum Gasteiger partial charge on any atom is 0.305 e. The minimum absolute atomic E-state index is 0.185. The van der Waals surface area contributed by atoms with Gasteiger partial charge in [-0.15, -0.1) is 0 Å². The molecule has 4 heteroatoms. The summed E-state index contributed by atoms with van der Waals surface area (Å²) < 4.78 is 4.96. The third-order valence-corrected chi connectivity index (χ3v) is 3.82. The van der Waals surface area contributed by atoms with Crippen molar-refractivity contribution >= 4 is 5.97 Å². The van der Waals surface area contributed by atoms with E-state index in [2.05, 4.69) is 11.0 Å². The lowest BCUT2D eigenvalue weighted by molar-refractivity contribution is -0.143. The zero-order valence-corrected chi connectivity index (χ0v) is 13.8. The van der Waals surface area contributed by atoms with Crippen LogP contribution >= 0.6 is 0 Å². The van der Waals surface area contributed by atoms with Crippen LogP contribution in [0.3, 0.4) is 0 Å². The number of hydrogen-bond donors (Lipinski definition) is 0. The Kier molecular flexibility index (Phi) is 7.62. The number of nitrogens with zero attached hydrogens (tertiary/aromatic N) is 2. The first kappa shape index (κ1) is 18.2. The fraction of sp³-hybridized carbons (Fsp3) is 0.556. The smallest absolute Gasteiger partial charge is 0.305 e. The number of esters is 1. The highest BCUT2D eigenvalue weighted by Gasteiger charge is 2.31. The van der Waals surface area contributed by atoms with Crippen LogP contribution in [-0.2, 0) is 14.9 Å². The third-order valence-electron chi connectivity index (χ3n) is 3.82. The molecule has 0 radical (unpaired) electrons. The van der Waals surface area contributed by atoms with Crippen LogP contribution in [0.1, 0.15) is 38.2 Å².